The Kier molecular flexibility index (Phi) is 3.87. The molecule has 0 aliphatic rings. The van der Waals surface area contributed by atoms with Crippen molar-refractivity contribution in [2.24, 2.45) is 0 Å². The zero-order chi connectivity index (χ0) is 13.1. The minimum absolute atomic E-state index is 0.222. The van der Waals surface area contributed by atoms with Crippen LogP contribution in [0, 0.1) is 5.82 Å². The number of hydrogen-bond acceptors (Lipinski definition) is 2. The van der Waals surface area contributed by atoms with E-state index in [0.29, 0.717) is 5.69 Å². The maximum absolute atomic E-state index is 13.6. The normalized spacial score (nSPS) is 12.2. The Morgan fingerprint density at radius 2 is 2.00 bits per heavy atom. The molecule has 2 N–H and O–H groups in total. The lowest BCUT2D eigenvalue weighted by Crippen LogP contribution is -2.05. The fraction of sp³-hybridized carbons (Fsp3) is 0.143. The van der Waals surface area contributed by atoms with Crippen molar-refractivity contribution in [3.8, 4) is 5.75 Å². The average Bonchev–Trinajstić information content (AvgIpc) is 2.34. The molecule has 1 atom stereocenters. The van der Waals surface area contributed by atoms with Crippen molar-refractivity contribution in [3.63, 3.8) is 0 Å². The maximum atomic E-state index is 13.6. The van der Waals surface area contributed by atoms with Gasteiger partial charge in [0.1, 0.15) is 6.10 Å². The molecule has 2 rings (SSSR count). The van der Waals surface area contributed by atoms with E-state index in [0.717, 1.165) is 10.0 Å². The third-order valence-corrected chi connectivity index (χ3v) is 3.07. The first kappa shape index (κ1) is 12.9. The zero-order valence-electron chi connectivity index (χ0n) is 9.86. The van der Waals surface area contributed by atoms with Gasteiger partial charge in [-0.1, -0.05) is 28.1 Å². The van der Waals surface area contributed by atoms with E-state index in [1.54, 1.807) is 18.2 Å². The quantitative estimate of drug-likeness (QED) is 0.857. The number of nitrogens with two attached hydrogens (primary N) is 1. The fourth-order valence-electron chi connectivity index (χ4n) is 1.64. The summed E-state index contributed by atoms with van der Waals surface area (Å²) in [6.07, 6.45) is -0.266. The molecule has 0 radical (unpaired) electrons. The molecule has 4 heteroatoms. The highest BCUT2D eigenvalue weighted by molar-refractivity contribution is 9.10. The van der Waals surface area contributed by atoms with E-state index in [4.69, 9.17) is 10.5 Å². The van der Waals surface area contributed by atoms with Gasteiger partial charge in [0.15, 0.2) is 11.6 Å². The topological polar surface area (TPSA) is 35.2 Å². The summed E-state index contributed by atoms with van der Waals surface area (Å²) in [6, 6.07) is 12.0. The van der Waals surface area contributed by atoms with Crippen LogP contribution >= 0.6 is 15.9 Å². The Bertz CT molecular complexity index is 559. The molecule has 18 heavy (non-hydrogen) atoms. The molecule has 2 nitrogen and oxygen atoms in total. The van der Waals surface area contributed by atoms with Gasteiger partial charge in [0.05, 0.1) is 0 Å². The summed E-state index contributed by atoms with van der Waals surface area (Å²) in [5, 5.41) is 0. The van der Waals surface area contributed by atoms with E-state index in [2.05, 4.69) is 15.9 Å². The van der Waals surface area contributed by atoms with Crippen LogP contribution in [0.1, 0.15) is 18.6 Å². The van der Waals surface area contributed by atoms with E-state index in [1.165, 1.54) is 6.07 Å². The highest BCUT2D eigenvalue weighted by atomic mass is 79.9. The van der Waals surface area contributed by atoms with Crippen molar-refractivity contribution in [1.82, 2.24) is 0 Å². The van der Waals surface area contributed by atoms with Crippen LogP contribution in [0.2, 0.25) is 0 Å². The molecule has 0 aliphatic carbocycles. The van der Waals surface area contributed by atoms with Crippen LogP contribution in [0.25, 0.3) is 0 Å². The molecular formula is C14H13BrFNO. The molecule has 0 heterocycles. The van der Waals surface area contributed by atoms with Crippen molar-refractivity contribution < 1.29 is 9.13 Å². The van der Waals surface area contributed by atoms with Crippen molar-refractivity contribution in [1.29, 1.82) is 0 Å². The first-order valence-corrected chi connectivity index (χ1v) is 6.32. The van der Waals surface area contributed by atoms with Gasteiger partial charge >= 0.3 is 0 Å². The Morgan fingerprint density at radius 1 is 1.22 bits per heavy atom. The predicted octanol–water partition coefficient (Wildman–Crippen LogP) is 4.31. The molecule has 0 saturated heterocycles. The first-order chi connectivity index (χ1) is 8.56. The van der Waals surface area contributed by atoms with E-state index >= 15 is 0 Å². The molecule has 94 valence electrons. The minimum Gasteiger partial charge on any atom is -0.483 e. The predicted molar refractivity (Wildman–Crippen MR) is 74.0 cm³/mol. The monoisotopic (exact) mass is 309 g/mol. The SMILES string of the molecule is CC(Oc1cc(Br)ccc1F)c1cccc(N)c1. The van der Waals surface area contributed by atoms with Crippen LogP contribution in [0.3, 0.4) is 0 Å². The number of anilines is 1. The molecule has 0 bridgehead atoms. The van der Waals surface area contributed by atoms with Gasteiger partial charge in [0.25, 0.3) is 0 Å². The van der Waals surface area contributed by atoms with Crippen LogP contribution in [0.5, 0.6) is 5.75 Å². The summed E-state index contributed by atoms with van der Waals surface area (Å²) in [5.41, 5.74) is 7.28. The van der Waals surface area contributed by atoms with Crippen molar-refractivity contribution >= 4 is 21.6 Å². The van der Waals surface area contributed by atoms with Crippen LogP contribution < -0.4 is 10.5 Å². The zero-order valence-corrected chi connectivity index (χ0v) is 11.4. The van der Waals surface area contributed by atoms with Gasteiger partial charge in [-0.2, -0.15) is 0 Å². The Hall–Kier alpha value is -1.55. The number of benzene rings is 2. The van der Waals surface area contributed by atoms with E-state index in [-0.39, 0.29) is 17.7 Å². The summed E-state index contributed by atoms with van der Waals surface area (Å²) < 4.78 is 19.9. The standard InChI is InChI=1S/C14H13BrFNO/c1-9(10-3-2-4-12(17)7-10)18-14-8-11(15)5-6-13(14)16/h2-9H,17H2,1H3. The largest absolute Gasteiger partial charge is 0.483 e. The van der Waals surface area contributed by atoms with Crippen LogP contribution in [-0.2, 0) is 0 Å². The second kappa shape index (κ2) is 5.40. The first-order valence-electron chi connectivity index (χ1n) is 5.53. The molecule has 0 aliphatic heterocycles. The number of ether oxygens (including phenoxy) is 1. The lowest BCUT2D eigenvalue weighted by molar-refractivity contribution is 0.216. The van der Waals surface area contributed by atoms with Gasteiger partial charge in [-0.05, 0) is 42.8 Å². The van der Waals surface area contributed by atoms with Gasteiger partial charge in [0.2, 0.25) is 0 Å². The van der Waals surface area contributed by atoms with Crippen LogP contribution in [-0.4, -0.2) is 0 Å². The Labute approximate surface area is 114 Å². The van der Waals surface area contributed by atoms with Gasteiger partial charge in [0, 0.05) is 10.2 Å². The maximum Gasteiger partial charge on any atom is 0.165 e. The highest BCUT2D eigenvalue weighted by Crippen LogP contribution is 2.27. The molecule has 0 spiro atoms. The smallest absolute Gasteiger partial charge is 0.165 e. The van der Waals surface area contributed by atoms with E-state index < -0.39 is 0 Å². The van der Waals surface area contributed by atoms with E-state index in [1.807, 2.05) is 25.1 Å². The number of hydrogen-bond donors (Lipinski definition) is 1. The number of rotatable bonds is 3. The van der Waals surface area contributed by atoms with Gasteiger partial charge in [-0.15, -0.1) is 0 Å². The lowest BCUT2D eigenvalue weighted by atomic mass is 10.1. The molecule has 2 aromatic rings. The molecular weight excluding hydrogens is 297 g/mol. The third-order valence-electron chi connectivity index (χ3n) is 2.58. The molecule has 2 aromatic carbocycles. The summed E-state index contributed by atoms with van der Waals surface area (Å²) in [6.45, 7) is 1.86. The van der Waals surface area contributed by atoms with E-state index in [9.17, 15) is 4.39 Å². The van der Waals surface area contributed by atoms with Gasteiger partial charge < -0.3 is 10.5 Å². The molecule has 0 fully saturated rings. The van der Waals surface area contributed by atoms with Crippen molar-refractivity contribution in [2.75, 3.05) is 5.73 Å². The molecule has 0 amide bonds. The summed E-state index contributed by atoms with van der Waals surface area (Å²) in [7, 11) is 0. The molecule has 1 unspecified atom stereocenters. The average molecular weight is 310 g/mol. The second-order valence-corrected chi connectivity index (χ2v) is 4.92. The fourth-order valence-corrected chi connectivity index (χ4v) is 1.98. The Balaban J connectivity index is 2.21. The highest BCUT2D eigenvalue weighted by Gasteiger charge is 2.11. The minimum atomic E-state index is -0.381. The van der Waals surface area contributed by atoms with Gasteiger partial charge in [-0.3, -0.25) is 0 Å². The summed E-state index contributed by atoms with van der Waals surface area (Å²) in [4.78, 5) is 0. The lowest BCUT2D eigenvalue weighted by Gasteiger charge is -2.16. The summed E-state index contributed by atoms with van der Waals surface area (Å²) in [5.74, 6) is -0.159. The molecule has 0 aromatic heterocycles. The van der Waals surface area contributed by atoms with Gasteiger partial charge in [-0.25, -0.2) is 4.39 Å². The number of halogens is 2. The third kappa shape index (κ3) is 3.01. The summed E-state index contributed by atoms with van der Waals surface area (Å²) >= 11 is 3.29. The number of nitrogen functional groups attached to an aromatic ring is 1. The van der Waals surface area contributed by atoms with Crippen molar-refractivity contribution in [2.45, 2.75) is 13.0 Å². The van der Waals surface area contributed by atoms with Crippen molar-refractivity contribution in [3.05, 3.63) is 58.3 Å². The second-order valence-electron chi connectivity index (χ2n) is 4.00. The molecule has 0 saturated carbocycles. The van der Waals surface area contributed by atoms with Crippen LogP contribution in [0.4, 0.5) is 10.1 Å². The Morgan fingerprint density at radius 3 is 2.72 bits per heavy atom. The van der Waals surface area contributed by atoms with Crippen LogP contribution in [0.15, 0.2) is 46.9 Å².